The van der Waals surface area contributed by atoms with Crippen LogP contribution in [0.5, 0.6) is 0 Å². The maximum atomic E-state index is 11.8. The summed E-state index contributed by atoms with van der Waals surface area (Å²) in [5.74, 6) is 0.616. The Balaban J connectivity index is 2.94. The number of rotatable bonds is 1. The Morgan fingerprint density at radius 3 is 2.89 bits per heavy atom. The first-order valence-electron chi connectivity index (χ1n) is 2.67. The van der Waals surface area contributed by atoms with Gasteiger partial charge in [-0.1, -0.05) is 0 Å². The fourth-order valence-electron chi connectivity index (χ4n) is 0.580. The lowest BCUT2D eigenvalue weighted by atomic mass is 10.4. The fraction of sp³-hybridized carbons (Fsp3) is 0.333. The van der Waals surface area contributed by atoms with Crippen molar-refractivity contribution in [3.63, 3.8) is 0 Å². The van der Waals surface area contributed by atoms with Crippen molar-refractivity contribution in [2.24, 2.45) is 0 Å². The predicted octanol–water partition coefficient (Wildman–Crippen LogP) is 1.25. The Labute approximate surface area is 52.8 Å². The molecule has 0 amide bonds. The van der Waals surface area contributed by atoms with E-state index in [0.717, 1.165) is 0 Å². The molecule has 0 radical (unpaired) electrons. The Kier molecular flexibility index (Phi) is 1.72. The maximum absolute atomic E-state index is 11.8. The van der Waals surface area contributed by atoms with E-state index >= 15 is 0 Å². The smallest absolute Gasteiger partial charge is 0.132 e. The van der Waals surface area contributed by atoms with Crippen LogP contribution < -0.4 is 0 Å². The fourth-order valence-corrected chi connectivity index (χ4v) is 0.580. The van der Waals surface area contributed by atoms with Crippen LogP contribution in [0.3, 0.4) is 0 Å². The molecule has 0 unspecified atom stereocenters. The molecule has 1 rings (SSSR count). The minimum Gasteiger partial charge on any atom is -0.244 e. The van der Waals surface area contributed by atoms with E-state index in [1.165, 1.54) is 0 Å². The van der Waals surface area contributed by atoms with Gasteiger partial charge in [0.2, 0.25) is 0 Å². The second kappa shape index (κ2) is 2.53. The molecular formula is C6H7FN2. The quantitative estimate of drug-likeness (QED) is 0.566. The van der Waals surface area contributed by atoms with Gasteiger partial charge in [-0.3, -0.25) is 0 Å². The summed E-state index contributed by atoms with van der Waals surface area (Å²) in [6, 6.07) is 1.56. The van der Waals surface area contributed by atoms with Crippen LogP contribution in [-0.2, 0) is 6.67 Å². The first-order valence-corrected chi connectivity index (χ1v) is 2.67. The molecule has 0 atom stereocenters. The van der Waals surface area contributed by atoms with E-state index in [9.17, 15) is 4.39 Å². The first kappa shape index (κ1) is 6.13. The molecule has 0 aliphatic carbocycles. The zero-order valence-corrected chi connectivity index (χ0v) is 5.13. The molecule has 0 saturated carbocycles. The largest absolute Gasteiger partial charge is 0.244 e. The zero-order valence-electron chi connectivity index (χ0n) is 5.13. The van der Waals surface area contributed by atoms with Gasteiger partial charge in [0.15, 0.2) is 0 Å². The van der Waals surface area contributed by atoms with Crippen molar-refractivity contribution >= 4 is 0 Å². The number of hydrogen-bond donors (Lipinski definition) is 0. The second-order valence-corrected chi connectivity index (χ2v) is 1.73. The lowest BCUT2D eigenvalue weighted by Gasteiger charge is -1.91. The molecule has 0 spiro atoms. The number of nitrogens with zero attached hydrogens (tertiary/aromatic N) is 2. The van der Waals surface area contributed by atoms with Crippen LogP contribution in [0.25, 0.3) is 0 Å². The molecule has 0 bridgehead atoms. The average Bonchev–Trinajstić information content (AvgIpc) is 1.88. The van der Waals surface area contributed by atoms with E-state index in [1.54, 1.807) is 19.2 Å². The van der Waals surface area contributed by atoms with Gasteiger partial charge in [0.25, 0.3) is 0 Å². The van der Waals surface area contributed by atoms with Gasteiger partial charge < -0.3 is 0 Å². The van der Waals surface area contributed by atoms with Crippen molar-refractivity contribution in [1.29, 1.82) is 0 Å². The minimum absolute atomic E-state index is 0.447. The van der Waals surface area contributed by atoms with E-state index in [4.69, 9.17) is 0 Å². The predicted molar refractivity (Wildman–Crippen MR) is 31.6 cm³/mol. The van der Waals surface area contributed by atoms with E-state index in [-0.39, 0.29) is 0 Å². The molecule has 1 aromatic rings. The van der Waals surface area contributed by atoms with Crippen LogP contribution >= 0.6 is 0 Å². The number of hydrogen-bond acceptors (Lipinski definition) is 2. The highest BCUT2D eigenvalue weighted by atomic mass is 19.1. The van der Waals surface area contributed by atoms with Crippen LogP contribution in [0.1, 0.15) is 11.5 Å². The first-order chi connectivity index (χ1) is 4.33. The van der Waals surface area contributed by atoms with E-state index < -0.39 is 6.67 Å². The highest BCUT2D eigenvalue weighted by Gasteiger charge is 1.90. The maximum Gasteiger partial charge on any atom is 0.132 e. The third-order valence-electron chi connectivity index (χ3n) is 0.971. The lowest BCUT2D eigenvalue weighted by Crippen LogP contribution is -1.90. The third kappa shape index (κ3) is 1.45. The van der Waals surface area contributed by atoms with Crippen LogP contribution in [0.4, 0.5) is 4.39 Å². The average molecular weight is 126 g/mol. The molecule has 0 N–H and O–H groups in total. The van der Waals surface area contributed by atoms with Crippen LogP contribution in [-0.4, -0.2) is 9.97 Å². The zero-order chi connectivity index (χ0) is 6.69. The molecule has 1 heterocycles. The summed E-state index contributed by atoms with van der Waals surface area (Å²) in [5, 5.41) is 0. The van der Waals surface area contributed by atoms with Gasteiger partial charge in [0, 0.05) is 6.20 Å². The number of aryl methyl sites for hydroxylation is 1. The van der Waals surface area contributed by atoms with Gasteiger partial charge in [-0.15, -0.1) is 0 Å². The SMILES string of the molecule is Cc1nccc(CF)n1. The van der Waals surface area contributed by atoms with Crippen molar-refractivity contribution in [1.82, 2.24) is 9.97 Å². The normalized spacial score (nSPS) is 9.56. The molecule has 0 fully saturated rings. The number of aromatic nitrogens is 2. The monoisotopic (exact) mass is 126 g/mol. The molecule has 0 aliphatic rings. The Morgan fingerprint density at radius 2 is 2.44 bits per heavy atom. The van der Waals surface area contributed by atoms with Gasteiger partial charge >= 0.3 is 0 Å². The van der Waals surface area contributed by atoms with Crippen molar-refractivity contribution in [3.05, 3.63) is 23.8 Å². The van der Waals surface area contributed by atoms with Gasteiger partial charge in [0.1, 0.15) is 12.5 Å². The summed E-state index contributed by atoms with van der Waals surface area (Å²) in [4.78, 5) is 7.62. The van der Waals surface area contributed by atoms with Gasteiger partial charge in [-0.05, 0) is 13.0 Å². The van der Waals surface area contributed by atoms with Crippen molar-refractivity contribution in [2.75, 3.05) is 0 Å². The summed E-state index contributed by atoms with van der Waals surface area (Å²) in [7, 11) is 0. The Bertz CT molecular complexity index is 200. The van der Waals surface area contributed by atoms with E-state index in [1.807, 2.05) is 0 Å². The van der Waals surface area contributed by atoms with Crippen molar-refractivity contribution < 1.29 is 4.39 Å². The number of alkyl halides is 1. The topological polar surface area (TPSA) is 25.8 Å². The standard InChI is InChI=1S/C6H7FN2/c1-5-8-3-2-6(4-7)9-5/h2-3H,4H2,1H3. The minimum atomic E-state index is -0.511. The molecular weight excluding hydrogens is 119 g/mol. The summed E-state index contributed by atoms with van der Waals surface area (Å²) in [6.45, 7) is 1.22. The van der Waals surface area contributed by atoms with Gasteiger partial charge in [0.05, 0.1) is 5.69 Å². The third-order valence-corrected chi connectivity index (χ3v) is 0.971. The van der Waals surface area contributed by atoms with E-state index in [2.05, 4.69) is 9.97 Å². The second-order valence-electron chi connectivity index (χ2n) is 1.73. The molecule has 3 heteroatoms. The molecule has 0 aliphatic heterocycles. The Hall–Kier alpha value is -0.990. The van der Waals surface area contributed by atoms with Crippen LogP contribution in [0.15, 0.2) is 12.3 Å². The van der Waals surface area contributed by atoms with Gasteiger partial charge in [-0.2, -0.15) is 0 Å². The summed E-state index contributed by atoms with van der Waals surface area (Å²) < 4.78 is 11.8. The summed E-state index contributed by atoms with van der Waals surface area (Å²) in [6.07, 6.45) is 1.55. The molecule has 9 heavy (non-hydrogen) atoms. The van der Waals surface area contributed by atoms with E-state index in [0.29, 0.717) is 11.5 Å². The number of halogens is 1. The van der Waals surface area contributed by atoms with Crippen molar-refractivity contribution in [3.8, 4) is 0 Å². The lowest BCUT2D eigenvalue weighted by molar-refractivity contribution is 0.474. The van der Waals surface area contributed by atoms with Gasteiger partial charge in [-0.25, -0.2) is 14.4 Å². The van der Waals surface area contributed by atoms with Crippen molar-refractivity contribution in [2.45, 2.75) is 13.6 Å². The van der Waals surface area contributed by atoms with Crippen LogP contribution in [0.2, 0.25) is 0 Å². The molecule has 1 aromatic heterocycles. The molecule has 2 nitrogen and oxygen atoms in total. The molecule has 0 saturated heterocycles. The molecule has 0 aromatic carbocycles. The summed E-state index contributed by atoms with van der Waals surface area (Å²) >= 11 is 0. The summed E-state index contributed by atoms with van der Waals surface area (Å²) in [5.41, 5.74) is 0.447. The Morgan fingerprint density at radius 1 is 1.67 bits per heavy atom. The van der Waals surface area contributed by atoms with Crippen LogP contribution in [0, 0.1) is 6.92 Å². The molecule has 48 valence electrons. The highest BCUT2D eigenvalue weighted by Crippen LogP contribution is 1.94. The highest BCUT2D eigenvalue weighted by molar-refractivity contribution is 4.99.